The van der Waals surface area contributed by atoms with Crippen molar-refractivity contribution in [2.45, 2.75) is 46.6 Å². The van der Waals surface area contributed by atoms with Crippen LogP contribution in [0.5, 0.6) is 0 Å². The molecular weight excluding hydrogens is 540 g/mol. The highest BCUT2D eigenvalue weighted by Crippen LogP contribution is 2.32. The Morgan fingerprint density at radius 2 is 1.85 bits per heavy atom. The molecule has 0 unspecified atom stereocenters. The number of aromatic carboxylic acids is 1. The second-order valence-electron chi connectivity index (χ2n) is 10.2. The summed E-state index contributed by atoms with van der Waals surface area (Å²) in [7, 11) is 0. The van der Waals surface area contributed by atoms with Crippen LogP contribution in [0.25, 0.3) is 17.4 Å². The summed E-state index contributed by atoms with van der Waals surface area (Å²) in [5.74, 6) is -0.135. The first-order chi connectivity index (χ1) is 19.6. The molecule has 1 aliphatic rings. The number of carboxylic acids is 1. The largest absolute Gasteiger partial charge is 0.478 e. The Labute approximate surface area is 240 Å². The van der Waals surface area contributed by atoms with Crippen LogP contribution in [0.4, 0.5) is 0 Å². The minimum atomic E-state index is -0.995. The van der Waals surface area contributed by atoms with Crippen molar-refractivity contribution in [1.82, 2.24) is 4.57 Å². The van der Waals surface area contributed by atoms with Crippen molar-refractivity contribution in [3.63, 3.8) is 0 Å². The monoisotopic (exact) mass is 570 g/mol. The van der Waals surface area contributed by atoms with Crippen LogP contribution in [0.2, 0.25) is 0 Å². The molecule has 2 aromatic carbocycles. The quantitative estimate of drug-likeness (QED) is 0.306. The summed E-state index contributed by atoms with van der Waals surface area (Å²) in [6, 6.07) is 15.6. The van der Waals surface area contributed by atoms with Gasteiger partial charge in [-0.05, 0) is 67.6 Å². The molecule has 0 saturated heterocycles. The van der Waals surface area contributed by atoms with Gasteiger partial charge in [0.05, 0.1) is 34.0 Å². The van der Waals surface area contributed by atoms with Crippen molar-refractivity contribution >= 4 is 29.4 Å². The fourth-order valence-electron chi connectivity index (χ4n) is 4.95. The fourth-order valence-corrected chi connectivity index (χ4v) is 5.97. The zero-order valence-electron chi connectivity index (χ0n) is 23.4. The van der Waals surface area contributed by atoms with E-state index in [1.54, 1.807) is 48.8 Å². The van der Waals surface area contributed by atoms with Gasteiger partial charge in [-0.15, -0.1) is 0 Å². The van der Waals surface area contributed by atoms with E-state index >= 15 is 0 Å². The Balaban J connectivity index is 1.60. The molecule has 1 aliphatic heterocycles. The Morgan fingerprint density at radius 3 is 2.49 bits per heavy atom. The van der Waals surface area contributed by atoms with Gasteiger partial charge in [-0.2, -0.15) is 0 Å². The molecule has 8 nitrogen and oxygen atoms in total. The van der Waals surface area contributed by atoms with Crippen LogP contribution in [0, 0.1) is 6.92 Å². The Bertz CT molecular complexity index is 1870. The normalized spacial score (nSPS) is 15.2. The van der Waals surface area contributed by atoms with Gasteiger partial charge >= 0.3 is 11.9 Å². The van der Waals surface area contributed by atoms with Crippen molar-refractivity contribution < 1.29 is 23.8 Å². The summed E-state index contributed by atoms with van der Waals surface area (Å²) in [5.41, 5.74) is 4.22. The van der Waals surface area contributed by atoms with Crippen molar-refractivity contribution in [2.75, 3.05) is 6.61 Å². The maximum atomic E-state index is 13.9. The number of esters is 1. The Hall–Kier alpha value is -4.50. The number of furan rings is 1. The van der Waals surface area contributed by atoms with E-state index in [0.717, 1.165) is 22.3 Å². The second-order valence-corrected chi connectivity index (χ2v) is 11.2. The predicted octanol–water partition coefficient (Wildman–Crippen LogP) is 5.19. The lowest BCUT2D eigenvalue weighted by molar-refractivity contribution is -0.139. The summed E-state index contributed by atoms with van der Waals surface area (Å²) >= 11 is 1.22. The van der Waals surface area contributed by atoms with Gasteiger partial charge in [-0.1, -0.05) is 55.5 Å². The molecule has 41 heavy (non-hydrogen) atoms. The van der Waals surface area contributed by atoms with Gasteiger partial charge in [0.1, 0.15) is 11.5 Å². The van der Waals surface area contributed by atoms with Crippen molar-refractivity contribution in [3.8, 4) is 11.3 Å². The highest BCUT2D eigenvalue weighted by atomic mass is 32.1. The van der Waals surface area contributed by atoms with E-state index in [-0.39, 0.29) is 17.7 Å². The van der Waals surface area contributed by atoms with Gasteiger partial charge in [0, 0.05) is 11.6 Å². The number of fused-ring (bicyclic) bond motifs is 1. The Kier molecular flexibility index (Phi) is 7.64. The zero-order chi connectivity index (χ0) is 29.4. The third kappa shape index (κ3) is 5.32. The Morgan fingerprint density at radius 1 is 1.12 bits per heavy atom. The number of carbonyl (C=O) groups is 2. The summed E-state index contributed by atoms with van der Waals surface area (Å²) in [6.07, 6.45) is 1.66. The molecule has 5 rings (SSSR count). The molecule has 9 heteroatoms. The number of benzene rings is 2. The number of rotatable bonds is 7. The van der Waals surface area contributed by atoms with Gasteiger partial charge in [0.15, 0.2) is 4.80 Å². The fraction of sp³-hybridized carbons (Fsp3) is 0.250. The van der Waals surface area contributed by atoms with Gasteiger partial charge in [0.25, 0.3) is 5.56 Å². The zero-order valence-corrected chi connectivity index (χ0v) is 24.2. The minimum Gasteiger partial charge on any atom is -0.478 e. The van der Waals surface area contributed by atoms with Crippen molar-refractivity contribution in [3.05, 3.63) is 114 Å². The molecule has 3 heterocycles. The van der Waals surface area contributed by atoms with Crippen molar-refractivity contribution in [2.24, 2.45) is 4.99 Å². The molecule has 210 valence electrons. The molecular formula is C32H30N2O6S. The summed E-state index contributed by atoms with van der Waals surface area (Å²) in [4.78, 5) is 43.4. The average Bonchev–Trinajstić information content (AvgIpc) is 3.52. The highest BCUT2D eigenvalue weighted by Gasteiger charge is 2.33. The summed E-state index contributed by atoms with van der Waals surface area (Å²) < 4.78 is 13.4. The summed E-state index contributed by atoms with van der Waals surface area (Å²) in [5, 5.41) is 9.25. The van der Waals surface area contributed by atoms with Crippen LogP contribution in [0.3, 0.4) is 0 Å². The SMILES string of the molecule is CCOC(=O)C1=C(C)N=c2s/c(=C\c3ccc(-c4ccc(C(=O)O)cc4C)o3)c(=O)n2[C@H]1c1ccc(C(C)C)cc1. The first-order valence-corrected chi connectivity index (χ1v) is 14.1. The minimum absolute atomic E-state index is 0.199. The lowest BCUT2D eigenvalue weighted by Crippen LogP contribution is -2.39. The number of hydrogen-bond donors (Lipinski definition) is 1. The maximum absolute atomic E-state index is 13.9. The molecule has 0 spiro atoms. The smallest absolute Gasteiger partial charge is 0.338 e. The van der Waals surface area contributed by atoms with Crippen LogP contribution < -0.4 is 14.9 Å². The molecule has 2 aromatic heterocycles. The highest BCUT2D eigenvalue weighted by molar-refractivity contribution is 7.07. The van der Waals surface area contributed by atoms with Crippen LogP contribution >= 0.6 is 11.3 Å². The molecule has 0 fully saturated rings. The van der Waals surface area contributed by atoms with Gasteiger partial charge in [0.2, 0.25) is 0 Å². The first kappa shape index (κ1) is 28.0. The van der Waals surface area contributed by atoms with Crippen molar-refractivity contribution in [1.29, 1.82) is 0 Å². The van der Waals surface area contributed by atoms with Gasteiger partial charge in [-0.25, -0.2) is 14.6 Å². The molecule has 1 N–H and O–H groups in total. The number of ether oxygens (including phenoxy) is 1. The number of carboxylic acid groups (broad SMARTS) is 1. The topological polar surface area (TPSA) is 111 Å². The van der Waals surface area contributed by atoms with E-state index in [1.165, 1.54) is 17.4 Å². The average molecular weight is 571 g/mol. The standard InChI is InChI=1S/C32H30N2O6S/c1-6-39-31(38)27-19(5)33-32-34(28(27)21-9-7-20(8-10-21)17(2)3)29(35)26(41-32)16-23-12-14-25(40-23)24-13-11-22(30(36)37)15-18(24)4/h7-17,28H,6H2,1-5H3,(H,36,37)/b26-16-/t28-/m0/s1. The lowest BCUT2D eigenvalue weighted by atomic mass is 9.93. The summed E-state index contributed by atoms with van der Waals surface area (Å²) in [6.45, 7) is 9.75. The molecule has 4 aromatic rings. The second kappa shape index (κ2) is 11.2. The van der Waals surface area contributed by atoms with Crippen LogP contribution in [-0.2, 0) is 9.53 Å². The third-order valence-electron chi connectivity index (χ3n) is 7.07. The number of carbonyl (C=O) groups excluding carboxylic acids is 1. The third-order valence-corrected chi connectivity index (χ3v) is 8.06. The molecule has 1 atom stereocenters. The number of allylic oxidation sites excluding steroid dienone is 1. The number of aryl methyl sites for hydroxylation is 1. The number of thiazole rings is 1. The maximum Gasteiger partial charge on any atom is 0.338 e. The van der Waals surface area contributed by atoms with E-state index in [0.29, 0.717) is 38.0 Å². The molecule has 0 radical (unpaired) electrons. The van der Waals surface area contributed by atoms with E-state index < -0.39 is 18.0 Å². The predicted molar refractivity (Wildman–Crippen MR) is 157 cm³/mol. The molecule has 0 saturated carbocycles. The number of hydrogen-bond acceptors (Lipinski definition) is 7. The lowest BCUT2D eigenvalue weighted by Gasteiger charge is -2.25. The van der Waals surface area contributed by atoms with E-state index in [1.807, 2.05) is 31.2 Å². The van der Waals surface area contributed by atoms with E-state index in [9.17, 15) is 19.5 Å². The molecule has 0 amide bonds. The van der Waals surface area contributed by atoms with E-state index in [4.69, 9.17) is 9.15 Å². The van der Waals surface area contributed by atoms with Gasteiger partial charge < -0.3 is 14.3 Å². The van der Waals surface area contributed by atoms with Crippen LogP contribution in [0.1, 0.15) is 72.5 Å². The van der Waals surface area contributed by atoms with E-state index in [2.05, 4.69) is 18.8 Å². The van der Waals surface area contributed by atoms with Crippen LogP contribution in [0.15, 0.2) is 80.1 Å². The molecule has 0 aliphatic carbocycles. The number of aromatic nitrogens is 1. The first-order valence-electron chi connectivity index (χ1n) is 13.3. The number of nitrogens with zero attached hydrogens (tertiary/aromatic N) is 2. The van der Waals surface area contributed by atoms with Gasteiger partial charge in [-0.3, -0.25) is 9.36 Å². The van der Waals surface area contributed by atoms with Crippen LogP contribution in [-0.4, -0.2) is 28.2 Å². The molecule has 0 bridgehead atoms.